The van der Waals surface area contributed by atoms with Crippen molar-refractivity contribution in [3.05, 3.63) is 144 Å². The van der Waals surface area contributed by atoms with Crippen molar-refractivity contribution < 1.29 is 37.1 Å². The molecule has 4 amide bonds. The standard InChI is InChI=1S/C44H54N4O8S/c1-31(2)39(47-43(51)55-29-35-21-13-7-14-22-35)41(49)45-27-37(25-33-17-9-5-10-18-33)57(53,54)38(26-34-19-11-6-12-20-34)28-46-42(50)40(32(3)4)48-44(52)56-30-36-23-15-8-16-24-36/h5-24,31-32,37-40H,25-30H2,1-4H3,(H,45,49)(H,46,50)(H,47,51)(H,48,52)/t37-,38+,39-,40-/m0/s1. The molecule has 0 fully saturated rings. The van der Waals surface area contributed by atoms with Gasteiger partial charge in [-0.3, -0.25) is 9.59 Å². The number of sulfone groups is 1. The highest BCUT2D eigenvalue weighted by molar-refractivity contribution is 7.92. The van der Waals surface area contributed by atoms with Gasteiger partial charge in [-0.15, -0.1) is 0 Å². The van der Waals surface area contributed by atoms with Gasteiger partial charge in [0.25, 0.3) is 0 Å². The minimum absolute atomic E-state index is 0.0160. The second kappa shape index (κ2) is 22.2. The normalized spacial score (nSPS) is 13.4. The van der Waals surface area contributed by atoms with E-state index in [-0.39, 0.29) is 51.0 Å². The van der Waals surface area contributed by atoms with Crippen molar-refractivity contribution in [3.63, 3.8) is 0 Å². The minimum Gasteiger partial charge on any atom is -0.445 e. The van der Waals surface area contributed by atoms with Crippen LogP contribution in [0.2, 0.25) is 0 Å². The molecular weight excluding hydrogens is 745 g/mol. The molecule has 0 radical (unpaired) electrons. The van der Waals surface area contributed by atoms with E-state index in [2.05, 4.69) is 21.3 Å². The van der Waals surface area contributed by atoms with Crippen LogP contribution >= 0.6 is 0 Å². The summed E-state index contributed by atoms with van der Waals surface area (Å²) < 4.78 is 40.3. The van der Waals surface area contributed by atoms with E-state index in [0.717, 1.165) is 22.3 Å². The van der Waals surface area contributed by atoms with Crippen LogP contribution in [0.1, 0.15) is 49.9 Å². The molecule has 0 saturated carbocycles. The zero-order chi connectivity index (χ0) is 41.2. The van der Waals surface area contributed by atoms with Crippen molar-refractivity contribution in [1.29, 1.82) is 0 Å². The number of nitrogens with one attached hydrogen (secondary N) is 4. The Kier molecular flexibility index (Phi) is 17.1. The lowest BCUT2D eigenvalue weighted by Crippen LogP contribution is -2.54. The molecule has 13 heteroatoms. The summed E-state index contributed by atoms with van der Waals surface area (Å²) in [6.45, 7) is 6.57. The maximum atomic E-state index is 14.8. The van der Waals surface area contributed by atoms with Gasteiger partial charge >= 0.3 is 12.2 Å². The van der Waals surface area contributed by atoms with Crippen molar-refractivity contribution in [2.75, 3.05) is 13.1 Å². The predicted octanol–water partition coefficient (Wildman–Crippen LogP) is 5.76. The molecule has 0 aliphatic heterocycles. The molecule has 0 aliphatic rings. The van der Waals surface area contributed by atoms with Gasteiger partial charge in [-0.25, -0.2) is 18.0 Å². The number of benzene rings is 4. The third-order valence-corrected chi connectivity index (χ3v) is 11.9. The molecule has 4 N–H and O–H groups in total. The first-order chi connectivity index (χ1) is 27.3. The third-order valence-electron chi connectivity index (χ3n) is 9.42. The molecule has 0 spiro atoms. The van der Waals surface area contributed by atoms with E-state index in [0.29, 0.717) is 0 Å². The zero-order valence-corrected chi connectivity index (χ0v) is 33.7. The number of rotatable bonds is 20. The smallest absolute Gasteiger partial charge is 0.408 e. The Labute approximate surface area is 336 Å². The van der Waals surface area contributed by atoms with Crippen LogP contribution in [0.5, 0.6) is 0 Å². The number of ether oxygens (including phenoxy) is 2. The minimum atomic E-state index is -4.12. The molecule has 4 rings (SSSR count). The highest BCUT2D eigenvalue weighted by Crippen LogP contribution is 2.20. The Morgan fingerprint density at radius 2 is 0.789 bits per heavy atom. The third kappa shape index (κ3) is 14.4. The molecule has 0 aliphatic carbocycles. The van der Waals surface area contributed by atoms with Crippen LogP contribution in [-0.4, -0.2) is 68.1 Å². The average Bonchev–Trinajstić information content (AvgIpc) is 3.21. The van der Waals surface area contributed by atoms with Crippen LogP contribution in [-0.2, 0) is 55.0 Å². The maximum absolute atomic E-state index is 14.8. The Balaban J connectivity index is 1.51. The number of carbonyl (C=O) groups is 4. The lowest BCUT2D eigenvalue weighted by atomic mass is 10.0. The number of alkyl carbamates (subject to hydrolysis) is 2. The maximum Gasteiger partial charge on any atom is 0.408 e. The summed E-state index contributed by atoms with van der Waals surface area (Å²) in [5.74, 6) is -1.82. The molecular formula is C44H54N4O8S. The number of amides is 4. The summed E-state index contributed by atoms with van der Waals surface area (Å²) in [5, 5.41) is 8.62. The Morgan fingerprint density at radius 3 is 1.09 bits per heavy atom. The van der Waals surface area contributed by atoms with Crippen LogP contribution in [0.15, 0.2) is 121 Å². The van der Waals surface area contributed by atoms with Gasteiger partial charge in [0, 0.05) is 13.1 Å². The fourth-order valence-electron chi connectivity index (χ4n) is 6.14. The van der Waals surface area contributed by atoms with E-state index >= 15 is 0 Å². The molecule has 4 aromatic carbocycles. The monoisotopic (exact) mass is 798 g/mol. The van der Waals surface area contributed by atoms with E-state index in [1.54, 1.807) is 27.7 Å². The Hall–Kier alpha value is -5.69. The molecule has 4 atom stereocenters. The lowest BCUT2D eigenvalue weighted by molar-refractivity contribution is -0.124. The lowest BCUT2D eigenvalue weighted by Gasteiger charge is -2.28. The fraction of sp³-hybridized carbons (Fsp3) is 0.364. The number of hydrogen-bond donors (Lipinski definition) is 4. The molecule has 0 aromatic heterocycles. The van der Waals surface area contributed by atoms with Gasteiger partial charge in [0.15, 0.2) is 9.84 Å². The Bertz CT molecular complexity index is 1830. The zero-order valence-electron chi connectivity index (χ0n) is 32.9. The van der Waals surface area contributed by atoms with Crippen LogP contribution in [0.4, 0.5) is 9.59 Å². The van der Waals surface area contributed by atoms with Gasteiger partial charge in [0.1, 0.15) is 25.3 Å². The second-order valence-electron chi connectivity index (χ2n) is 14.6. The van der Waals surface area contributed by atoms with Crippen molar-refractivity contribution >= 4 is 33.8 Å². The first-order valence-electron chi connectivity index (χ1n) is 19.1. The summed E-state index contributed by atoms with van der Waals surface area (Å²) >= 11 is 0. The SMILES string of the molecule is CC(C)[C@H](NC(=O)OCc1ccccc1)C(=O)NC[C@H](Cc1ccccc1)S(=O)(=O)[C@@H](CNC(=O)[C@@H](NC(=O)OCc1ccccc1)C(C)C)Cc1ccccc1. The van der Waals surface area contributed by atoms with Gasteiger partial charge in [-0.1, -0.05) is 149 Å². The molecule has 12 nitrogen and oxygen atoms in total. The van der Waals surface area contributed by atoms with Gasteiger partial charge in [0.05, 0.1) is 10.5 Å². The van der Waals surface area contributed by atoms with Gasteiger partial charge in [0.2, 0.25) is 11.8 Å². The number of hydrogen-bond acceptors (Lipinski definition) is 8. The molecule has 0 bridgehead atoms. The summed E-state index contributed by atoms with van der Waals surface area (Å²) in [6.07, 6.45) is -1.41. The van der Waals surface area contributed by atoms with Crippen molar-refractivity contribution in [1.82, 2.24) is 21.3 Å². The van der Waals surface area contributed by atoms with Crippen molar-refractivity contribution in [2.45, 2.75) is 76.3 Å². The first-order valence-corrected chi connectivity index (χ1v) is 20.7. The van der Waals surface area contributed by atoms with E-state index in [4.69, 9.17) is 9.47 Å². The van der Waals surface area contributed by atoms with E-state index < -0.39 is 56.4 Å². The topological polar surface area (TPSA) is 169 Å². The van der Waals surface area contributed by atoms with Gasteiger partial charge in [-0.05, 0) is 46.9 Å². The van der Waals surface area contributed by atoms with Crippen LogP contribution in [0.3, 0.4) is 0 Å². The highest BCUT2D eigenvalue weighted by Gasteiger charge is 2.37. The fourth-order valence-corrected chi connectivity index (χ4v) is 8.16. The van der Waals surface area contributed by atoms with E-state index in [1.807, 2.05) is 121 Å². The van der Waals surface area contributed by atoms with Crippen molar-refractivity contribution in [3.8, 4) is 0 Å². The molecule has 0 saturated heterocycles. The molecule has 57 heavy (non-hydrogen) atoms. The second-order valence-corrected chi connectivity index (χ2v) is 17.1. The molecule has 0 heterocycles. The van der Waals surface area contributed by atoms with Crippen molar-refractivity contribution in [2.24, 2.45) is 11.8 Å². The highest BCUT2D eigenvalue weighted by atomic mass is 32.2. The quantitative estimate of drug-likeness (QED) is 0.0876. The van der Waals surface area contributed by atoms with Crippen LogP contribution < -0.4 is 21.3 Å². The first kappa shape index (κ1) is 44.0. The van der Waals surface area contributed by atoms with E-state index in [9.17, 15) is 27.6 Å². The number of carbonyl (C=O) groups excluding carboxylic acids is 4. The summed E-state index contributed by atoms with van der Waals surface area (Å²) in [7, 11) is -4.12. The van der Waals surface area contributed by atoms with E-state index in [1.165, 1.54) is 0 Å². The predicted molar refractivity (Wildman–Crippen MR) is 220 cm³/mol. The summed E-state index contributed by atoms with van der Waals surface area (Å²) in [4.78, 5) is 52.7. The summed E-state index contributed by atoms with van der Waals surface area (Å²) in [5.41, 5.74) is 3.05. The molecule has 0 unspecified atom stereocenters. The van der Waals surface area contributed by atoms with Gasteiger partial charge < -0.3 is 30.7 Å². The van der Waals surface area contributed by atoms with Crippen LogP contribution in [0, 0.1) is 11.8 Å². The van der Waals surface area contributed by atoms with Crippen LogP contribution in [0.25, 0.3) is 0 Å². The van der Waals surface area contributed by atoms with Gasteiger partial charge in [-0.2, -0.15) is 0 Å². The molecule has 4 aromatic rings. The Morgan fingerprint density at radius 1 is 0.491 bits per heavy atom. The average molecular weight is 799 g/mol. The molecule has 304 valence electrons. The largest absolute Gasteiger partial charge is 0.445 e. The summed E-state index contributed by atoms with van der Waals surface area (Å²) in [6, 6.07) is 34.4.